The van der Waals surface area contributed by atoms with Crippen LogP contribution in [0.1, 0.15) is 28.0 Å². The van der Waals surface area contributed by atoms with Crippen LogP contribution in [0.25, 0.3) is 0 Å². The molecule has 0 bridgehead atoms. The van der Waals surface area contributed by atoms with E-state index < -0.39 is 11.9 Å². The fourth-order valence-electron chi connectivity index (χ4n) is 2.06. The Labute approximate surface area is 133 Å². The van der Waals surface area contributed by atoms with Crippen molar-refractivity contribution in [3.8, 4) is 0 Å². The fraction of sp³-hybridized carbons (Fsp3) is 0.375. The zero-order valence-corrected chi connectivity index (χ0v) is 13.4. The summed E-state index contributed by atoms with van der Waals surface area (Å²) in [5.41, 5.74) is 0.414. The number of aromatic nitrogens is 1. The lowest BCUT2D eigenvalue weighted by Gasteiger charge is -2.19. The van der Waals surface area contributed by atoms with E-state index in [0.717, 1.165) is 9.88 Å². The van der Waals surface area contributed by atoms with E-state index in [-0.39, 0.29) is 12.3 Å². The third-order valence-corrected chi connectivity index (χ3v) is 4.33. The van der Waals surface area contributed by atoms with E-state index in [1.54, 1.807) is 29.4 Å². The van der Waals surface area contributed by atoms with E-state index in [0.29, 0.717) is 18.5 Å². The van der Waals surface area contributed by atoms with Gasteiger partial charge in [0.25, 0.3) is 0 Å². The Kier molecular flexibility index (Phi) is 5.63. The van der Waals surface area contributed by atoms with Crippen molar-refractivity contribution < 1.29 is 14.3 Å². The molecular formula is C16H19FN2O2S. The molecule has 1 aromatic carbocycles. The smallest absolute Gasteiger partial charge is 0.225 e. The molecule has 1 aromatic heterocycles. The average Bonchev–Trinajstić information content (AvgIpc) is 2.90. The minimum atomic E-state index is -0.993. The number of carbonyl (C=O) groups excluding carboxylic acids is 1. The van der Waals surface area contributed by atoms with Crippen molar-refractivity contribution in [1.82, 2.24) is 9.88 Å². The van der Waals surface area contributed by atoms with Gasteiger partial charge in [0.15, 0.2) is 0 Å². The topological polar surface area (TPSA) is 53.4 Å². The molecule has 2 aromatic rings. The molecule has 4 nitrogen and oxygen atoms in total. The van der Waals surface area contributed by atoms with Crippen LogP contribution >= 0.6 is 11.3 Å². The maximum atomic E-state index is 13.1. The zero-order chi connectivity index (χ0) is 16.1. The predicted octanol–water partition coefficient (Wildman–Crippen LogP) is 2.72. The van der Waals surface area contributed by atoms with Crippen LogP contribution in [0.4, 0.5) is 4.39 Å². The van der Waals surface area contributed by atoms with Gasteiger partial charge in [-0.25, -0.2) is 9.37 Å². The molecule has 0 radical (unpaired) electrons. The Morgan fingerprint density at radius 3 is 2.91 bits per heavy atom. The van der Waals surface area contributed by atoms with Gasteiger partial charge in [0.1, 0.15) is 5.82 Å². The van der Waals surface area contributed by atoms with Gasteiger partial charge in [-0.3, -0.25) is 4.79 Å². The highest BCUT2D eigenvalue weighted by Crippen LogP contribution is 2.18. The van der Waals surface area contributed by atoms with Crippen LogP contribution in [0, 0.1) is 12.7 Å². The van der Waals surface area contributed by atoms with Crippen molar-refractivity contribution >= 4 is 17.2 Å². The second-order valence-electron chi connectivity index (χ2n) is 5.20. The zero-order valence-electron chi connectivity index (χ0n) is 12.6. The third kappa shape index (κ3) is 4.61. The molecule has 2 rings (SSSR count). The quantitative estimate of drug-likeness (QED) is 0.890. The number of aliphatic hydroxyl groups excluding tert-OH is 1. The molecular weight excluding hydrogens is 303 g/mol. The van der Waals surface area contributed by atoms with Crippen molar-refractivity contribution in [2.75, 3.05) is 13.6 Å². The van der Waals surface area contributed by atoms with Crippen molar-refractivity contribution in [3.05, 3.63) is 51.7 Å². The monoisotopic (exact) mass is 322 g/mol. The SMILES string of the molecule is Cc1cnc(CCN(C)C(=O)CC(O)c2cccc(F)c2)s1. The molecule has 1 unspecified atom stereocenters. The number of carbonyl (C=O) groups is 1. The van der Waals surface area contributed by atoms with Gasteiger partial charge in [-0.15, -0.1) is 11.3 Å². The first-order chi connectivity index (χ1) is 10.5. The van der Waals surface area contributed by atoms with Crippen LogP contribution in [-0.4, -0.2) is 34.5 Å². The Morgan fingerprint density at radius 2 is 2.27 bits per heavy atom. The molecule has 22 heavy (non-hydrogen) atoms. The normalized spacial score (nSPS) is 12.2. The van der Waals surface area contributed by atoms with Gasteiger partial charge in [0.05, 0.1) is 17.5 Å². The Morgan fingerprint density at radius 1 is 1.50 bits per heavy atom. The van der Waals surface area contributed by atoms with Crippen LogP contribution in [0.5, 0.6) is 0 Å². The maximum absolute atomic E-state index is 13.1. The van der Waals surface area contributed by atoms with Crippen LogP contribution in [0.2, 0.25) is 0 Å². The number of hydrogen-bond donors (Lipinski definition) is 1. The van der Waals surface area contributed by atoms with Gasteiger partial charge in [-0.05, 0) is 24.6 Å². The summed E-state index contributed by atoms with van der Waals surface area (Å²) in [4.78, 5) is 19.1. The largest absolute Gasteiger partial charge is 0.388 e. The first-order valence-corrected chi connectivity index (χ1v) is 7.86. The van der Waals surface area contributed by atoms with Crippen LogP contribution in [-0.2, 0) is 11.2 Å². The molecule has 0 aliphatic heterocycles. The summed E-state index contributed by atoms with van der Waals surface area (Å²) in [5, 5.41) is 11.0. The molecule has 0 saturated heterocycles. The molecule has 6 heteroatoms. The van der Waals surface area contributed by atoms with Gasteiger partial charge in [-0.1, -0.05) is 12.1 Å². The standard InChI is InChI=1S/C16H19FN2O2S/c1-11-10-18-15(22-11)6-7-19(2)16(21)9-14(20)12-4-3-5-13(17)8-12/h3-5,8,10,14,20H,6-7,9H2,1-2H3. The minimum absolute atomic E-state index is 0.0587. The fourth-order valence-corrected chi connectivity index (χ4v) is 2.83. The molecule has 0 aliphatic carbocycles. The van der Waals surface area contributed by atoms with Crippen LogP contribution in [0.3, 0.4) is 0 Å². The van der Waals surface area contributed by atoms with E-state index in [2.05, 4.69) is 4.98 Å². The lowest BCUT2D eigenvalue weighted by Crippen LogP contribution is -2.30. The second kappa shape index (κ2) is 7.47. The lowest BCUT2D eigenvalue weighted by atomic mass is 10.1. The van der Waals surface area contributed by atoms with Gasteiger partial charge in [0.2, 0.25) is 5.91 Å². The third-order valence-electron chi connectivity index (χ3n) is 3.36. The van der Waals surface area contributed by atoms with Gasteiger partial charge in [-0.2, -0.15) is 0 Å². The maximum Gasteiger partial charge on any atom is 0.225 e. The molecule has 0 aliphatic rings. The number of rotatable bonds is 6. The number of halogens is 1. The summed E-state index contributed by atoms with van der Waals surface area (Å²) in [6.45, 7) is 2.53. The lowest BCUT2D eigenvalue weighted by molar-refractivity contribution is -0.132. The summed E-state index contributed by atoms with van der Waals surface area (Å²) in [7, 11) is 1.70. The first-order valence-electron chi connectivity index (χ1n) is 7.04. The number of benzene rings is 1. The van der Waals surface area contributed by atoms with Crippen molar-refractivity contribution in [2.24, 2.45) is 0 Å². The number of hydrogen-bond acceptors (Lipinski definition) is 4. The van der Waals surface area contributed by atoms with E-state index >= 15 is 0 Å². The highest BCUT2D eigenvalue weighted by Gasteiger charge is 2.17. The minimum Gasteiger partial charge on any atom is -0.388 e. The van der Waals surface area contributed by atoms with Crippen LogP contribution in [0.15, 0.2) is 30.5 Å². The number of aliphatic hydroxyl groups is 1. The van der Waals surface area contributed by atoms with Gasteiger partial charge >= 0.3 is 0 Å². The molecule has 0 spiro atoms. The molecule has 0 saturated carbocycles. The molecule has 1 amide bonds. The summed E-state index contributed by atoms with van der Waals surface area (Å²) in [5.74, 6) is -0.596. The summed E-state index contributed by atoms with van der Waals surface area (Å²) >= 11 is 1.61. The van der Waals surface area contributed by atoms with E-state index in [4.69, 9.17) is 0 Å². The number of amides is 1. The highest BCUT2D eigenvalue weighted by atomic mass is 32.1. The van der Waals surface area contributed by atoms with E-state index in [1.807, 2.05) is 13.1 Å². The Balaban J connectivity index is 1.85. The molecule has 0 fully saturated rings. The first kappa shape index (κ1) is 16.6. The van der Waals surface area contributed by atoms with Crippen molar-refractivity contribution in [2.45, 2.75) is 25.9 Å². The van der Waals surface area contributed by atoms with Gasteiger partial charge in [0, 0.05) is 31.1 Å². The average molecular weight is 322 g/mol. The summed E-state index contributed by atoms with van der Waals surface area (Å²) < 4.78 is 13.1. The van der Waals surface area contributed by atoms with Crippen molar-refractivity contribution in [3.63, 3.8) is 0 Å². The number of likely N-dealkylation sites (N-methyl/N-ethyl adjacent to an activating group) is 1. The molecule has 1 atom stereocenters. The molecule has 1 N–H and O–H groups in total. The number of nitrogens with zero attached hydrogens (tertiary/aromatic N) is 2. The van der Waals surface area contributed by atoms with E-state index in [1.165, 1.54) is 18.2 Å². The Hall–Kier alpha value is -1.79. The van der Waals surface area contributed by atoms with E-state index in [9.17, 15) is 14.3 Å². The van der Waals surface area contributed by atoms with Gasteiger partial charge < -0.3 is 10.0 Å². The van der Waals surface area contributed by atoms with Crippen molar-refractivity contribution in [1.29, 1.82) is 0 Å². The summed E-state index contributed by atoms with van der Waals surface area (Å²) in [6, 6.07) is 5.68. The van der Waals surface area contributed by atoms with Crippen LogP contribution < -0.4 is 0 Å². The molecule has 118 valence electrons. The highest BCUT2D eigenvalue weighted by molar-refractivity contribution is 7.11. The molecule has 1 heterocycles. The number of aryl methyl sites for hydroxylation is 1. The Bertz CT molecular complexity index is 645. The second-order valence-corrected chi connectivity index (χ2v) is 6.52. The number of thiazole rings is 1. The predicted molar refractivity (Wildman–Crippen MR) is 84.2 cm³/mol. The summed E-state index contributed by atoms with van der Waals surface area (Å²) in [6.07, 6.45) is 1.45.